The van der Waals surface area contributed by atoms with Crippen LogP contribution in [0.5, 0.6) is 0 Å². The van der Waals surface area contributed by atoms with Gasteiger partial charge in [0.2, 0.25) is 11.0 Å². The van der Waals surface area contributed by atoms with Gasteiger partial charge in [-0.3, -0.25) is 10.1 Å². The summed E-state index contributed by atoms with van der Waals surface area (Å²) < 4.78 is 0. The Morgan fingerprint density at radius 3 is 2.70 bits per heavy atom. The number of nitrogens with one attached hydrogen (secondary N) is 1. The van der Waals surface area contributed by atoms with Crippen LogP contribution in [0.3, 0.4) is 0 Å². The van der Waals surface area contributed by atoms with Crippen molar-refractivity contribution in [2.75, 3.05) is 32.5 Å². The Morgan fingerprint density at radius 1 is 1.45 bits per heavy atom. The van der Waals surface area contributed by atoms with Crippen LogP contribution in [-0.4, -0.2) is 47.0 Å². The van der Waals surface area contributed by atoms with Gasteiger partial charge in [-0.1, -0.05) is 11.6 Å². The maximum absolute atomic E-state index is 11.1. The lowest BCUT2D eigenvalue weighted by atomic mass is 10.3. The van der Waals surface area contributed by atoms with E-state index in [9.17, 15) is 10.1 Å². The van der Waals surface area contributed by atoms with Gasteiger partial charge in [0, 0.05) is 12.5 Å². The largest absolute Gasteiger partial charge is 0.364 e. The summed E-state index contributed by atoms with van der Waals surface area (Å²) in [4.78, 5) is 20.9. The lowest BCUT2D eigenvalue weighted by Gasteiger charge is -2.11. The SMILES string of the molecule is CN(C)CCCNc1nc(C2CC2)nc(Cl)c1[N+](=O)[O-]. The fourth-order valence-electron chi connectivity index (χ4n) is 1.85. The zero-order chi connectivity index (χ0) is 14.7. The molecule has 0 aliphatic heterocycles. The van der Waals surface area contributed by atoms with Crippen LogP contribution in [0.2, 0.25) is 5.15 Å². The first-order chi connectivity index (χ1) is 9.49. The molecular formula is C12H18ClN5O2. The topological polar surface area (TPSA) is 84.2 Å². The number of nitrogens with zero attached hydrogens (tertiary/aromatic N) is 4. The van der Waals surface area contributed by atoms with Crippen molar-refractivity contribution in [2.24, 2.45) is 0 Å². The molecule has 0 aromatic carbocycles. The fraction of sp³-hybridized carbons (Fsp3) is 0.667. The van der Waals surface area contributed by atoms with Crippen LogP contribution >= 0.6 is 11.6 Å². The lowest BCUT2D eigenvalue weighted by Crippen LogP contribution is -2.17. The van der Waals surface area contributed by atoms with Gasteiger partial charge < -0.3 is 10.2 Å². The van der Waals surface area contributed by atoms with Gasteiger partial charge in [0.15, 0.2) is 0 Å². The molecule has 7 nitrogen and oxygen atoms in total. The first kappa shape index (κ1) is 14.9. The highest BCUT2D eigenvalue weighted by molar-refractivity contribution is 6.31. The highest BCUT2D eigenvalue weighted by Crippen LogP contribution is 2.41. The zero-order valence-corrected chi connectivity index (χ0v) is 12.4. The molecule has 1 saturated carbocycles. The molecule has 20 heavy (non-hydrogen) atoms. The summed E-state index contributed by atoms with van der Waals surface area (Å²) in [5.41, 5.74) is -0.235. The van der Waals surface area contributed by atoms with E-state index in [0.717, 1.165) is 25.8 Å². The number of hydrogen-bond acceptors (Lipinski definition) is 6. The maximum atomic E-state index is 11.1. The van der Waals surface area contributed by atoms with Crippen LogP contribution in [-0.2, 0) is 0 Å². The normalized spacial score (nSPS) is 14.6. The van der Waals surface area contributed by atoms with Crippen molar-refractivity contribution in [3.8, 4) is 0 Å². The lowest BCUT2D eigenvalue weighted by molar-refractivity contribution is -0.384. The molecule has 0 saturated heterocycles. The van der Waals surface area contributed by atoms with Crippen LogP contribution in [0.15, 0.2) is 0 Å². The average Bonchev–Trinajstić information content (AvgIpc) is 3.17. The third kappa shape index (κ3) is 3.77. The van der Waals surface area contributed by atoms with Gasteiger partial charge >= 0.3 is 5.69 Å². The van der Waals surface area contributed by atoms with Crippen LogP contribution in [0, 0.1) is 10.1 Å². The molecule has 1 N–H and O–H groups in total. The number of halogens is 1. The molecule has 1 aliphatic carbocycles. The van der Waals surface area contributed by atoms with Crippen molar-refractivity contribution < 1.29 is 4.92 Å². The minimum atomic E-state index is -0.534. The van der Waals surface area contributed by atoms with Gasteiger partial charge in [0.25, 0.3) is 0 Å². The standard InChI is InChI=1S/C12H18ClN5O2/c1-17(2)7-3-6-14-12-9(18(19)20)10(13)15-11(16-12)8-4-5-8/h8H,3-7H2,1-2H3,(H,14,15,16). The van der Waals surface area contributed by atoms with Crippen molar-refractivity contribution in [3.05, 3.63) is 21.1 Å². The van der Waals surface area contributed by atoms with E-state index in [2.05, 4.69) is 20.2 Å². The zero-order valence-electron chi connectivity index (χ0n) is 11.6. The van der Waals surface area contributed by atoms with E-state index in [4.69, 9.17) is 11.6 Å². The number of anilines is 1. The summed E-state index contributed by atoms with van der Waals surface area (Å²) in [5.74, 6) is 1.14. The van der Waals surface area contributed by atoms with Crippen molar-refractivity contribution in [2.45, 2.75) is 25.2 Å². The molecule has 0 atom stereocenters. The van der Waals surface area contributed by atoms with E-state index >= 15 is 0 Å². The number of aromatic nitrogens is 2. The molecule has 0 bridgehead atoms. The maximum Gasteiger partial charge on any atom is 0.348 e. The molecular weight excluding hydrogens is 282 g/mol. The summed E-state index contributed by atoms with van der Waals surface area (Å²) in [6.45, 7) is 1.51. The minimum Gasteiger partial charge on any atom is -0.364 e. The summed E-state index contributed by atoms with van der Waals surface area (Å²) >= 11 is 5.92. The Morgan fingerprint density at radius 2 is 2.15 bits per heavy atom. The highest BCUT2D eigenvalue weighted by atomic mass is 35.5. The third-order valence-corrected chi connectivity index (χ3v) is 3.32. The van der Waals surface area contributed by atoms with Crippen LogP contribution in [0.1, 0.15) is 31.0 Å². The van der Waals surface area contributed by atoms with Crippen LogP contribution < -0.4 is 5.32 Å². The van der Waals surface area contributed by atoms with E-state index in [1.165, 1.54) is 0 Å². The molecule has 1 aromatic rings. The molecule has 2 rings (SSSR count). The monoisotopic (exact) mass is 299 g/mol. The molecule has 0 unspecified atom stereocenters. The quantitative estimate of drug-likeness (QED) is 0.360. The molecule has 8 heteroatoms. The van der Waals surface area contributed by atoms with E-state index in [-0.39, 0.29) is 16.7 Å². The second-order valence-corrected chi connectivity index (χ2v) is 5.54. The average molecular weight is 300 g/mol. The van der Waals surface area contributed by atoms with Gasteiger partial charge in [0.05, 0.1) is 4.92 Å². The summed E-state index contributed by atoms with van der Waals surface area (Å²) in [5, 5.41) is 14.0. The van der Waals surface area contributed by atoms with Gasteiger partial charge in [-0.25, -0.2) is 9.97 Å². The third-order valence-electron chi connectivity index (χ3n) is 3.06. The molecule has 1 heterocycles. The summed E-state index contributed by atoms with van der Waals surface area (Å²) in [7, 11) is 3.96. The highest BCUT2D eigenvalue weighted by Gasteiger charge is 2.31. The second-order valence-electron chi connectivity index (χ2n) is 5.18. The first-order valence-electron chi connectivity index (χ1n) is 6.59. The Balaban J connectivity index is 2.13. The molecule has 0 spiro atoms. The Labute approximate surface area is 122 Å². The molecule has 1 aromatic heterocycles. The van der Waals surface area contributed by atoms with E-state index in [1.807, 2.05) is 14.1 Å². The van der Waals surface area contributed by atoms with Gasteiger partial charge in [0.1, 0.15) is 5.82 Å². The minimum absolute atomic E-state index is 0.0815. The summed E-state index contributed by atoms with van der Waals surface area (Å²) in [6.07, 6.45) is 2.91. The fourth-order valence-corrected chi connectivity index (χ4v) is 2.10. The smallest absolute Gasteiger partial charge is 0.348 e. The second kappa shape index (κ2) is 6.32. The van der Waals surface area contributed by atoms with E-state index in [0.29, 0.717) is 18.3 Å². The van der Waals surface area contributed by atoms with Crippen molar-refractivity contribution in [1.82, 2.24) is 14.9 Å². The predicted octanol–water partition coefficient (Wildman–Crippen LogP) is 2.28. The van der Waals surface area contributed by atoms with Gasteiger partial charge in [-0.2, -0.15) is 0 Å². The van der Waals surface area contributed by atoms with Crippen molar-refractivity contribution >= 4 is 23.1 Å². The predicted molar refractivity (Wildman–Crippen MR) is 77.3 cm³/mol. The number of hydrogen-bond donors (Lipinski definition) is 1. The summed E-state index contributed by atoms with van der Waals surface area (Å²) in [6, 6.07) is 0. The number of nitro groups is 1. The molecule has 0 radical (unpaired) electrons. The van der Waals surface area contributed by atoms with Crippen LogP contribution in [0.25, 0.3) is 0 Å². The van der Waals surface area contributed by atoms with E-state index < -0.39 is 4.92 Å². The Bertz CT molecular complexity index is 505. The van der Waals surface area contributed by atoms with Crippen LogP contribution in [0.4, 0.5) is 11.5 Å². The van der Waals surface area contributed by atoms with Crippen molar-refractivity contribution in [1.29, 1.82) is 0 Å². The number of rotatable bonds is 7. The molecule has 1 aliphatic rings. The van der Waals surface area contributed by atoms with Gasteiger partial charge in [-0.15, -0.1) is 0 Å². The Kier molecular flexibility index (Phi) is 4.72. The molecule has 110 valence electrons. The molecule has 1 fully saturated rings. The van der Waals surface area contributed by atoms with E-state index in [1.54, 1.807) is 0 Å². The first-order valence-corrected chi connectivity index (χ1v) is 6.97. The molecule has 0 amide bonds. The Hall–Kier alpha value is -1.47. The van der Waals surface area contributed by atoms with Crippen molar-refractivity contribution in [3.63, 3.8) is 0 Å². The van der Waals surface area contributed by atoms with Gasteiger partial charge in [-0.05, 0) is 39.9 Å².